The molecule has 1 amide bonds. The summed E-state index contributed by atoms with van der Waals surface area (Å²) in [5, 5.41) is 15.8. The molecule has 2 N–H and O–H groups in total. The Hall–Kier alpha value is -3.04. The summed E-state index contributed by atoms with van der Waals surface area (Å²) in [4.78, 5) is 31.1. The van der Waals surface area contributed by atoms with E-state index in [2.05, 4.69) is 59.0 Å². The van der Waals surface area contributed by atoms with Gasteiger partial charge in [-0.05, 0) is 94.9 Å². The molecule has 1 aromatic heterocycles. The molecule has 0 radical (unpaired) electrons. The molecule has 1 saturated heterocycles. The van der Waals surface area contributed by atoms with E-state index in [0.29, 0.717) is 30.8 Å². The lowest BCUT2D eigenvalue weighted by Crippen LogP contribution is -2.62. The molecule has 0 spiro atoms. The maximum Gasteiger partial charge on any atom is 0.431 e. The van der Waals surface area contributed by atoms with Crippen molar-refractivity contribution in [3.8, 4) is 0 Å². The average Bonchev–Trinajstić information content (AvgIpc) is 2.94. The second-order valence-corrected chi connectivity index (χ2v) is 14.0. The van der Waals surface area contributed by atoms with Crippen molar-refractivity contribution >= 4 is 29.0 Å². The summed E-state index contributed by atoms with van der Waals surface area (Å²) in [6, 6.07) is 12.4. The normalized spacial score (nSPS) is 31.3. The maximum absolute atomic E-state index is 13.1. The van der Waals surface area contributed by atoms with Gasteiger partial charge in [-0.3, -0.25) is 4.90 Å². The van der Waals surface area contributed by atoms with Crippen molar-refractivity contribution in [1.29, 1.82) is 0 Å². The molecule has 2 aliphatic heterocycles. The Bertz CT molecular complexity index is 1250. The number of piperazine rings is 1. The van der Waals surface area contributed by atoms with Gasteiger partial charge in [-0.15, -0.1) is 0 Å². The third-order valence-corrected chi connectivity index (χ3v) is 10.3. The van der Waals surface area contributed by atoms with Crippen LogP contribution in [0.1, 0.15) is 52.9 Å². The molecule has 4 bridgehead atoms. The summed E-state index contributed by atoms with van der Waals surface area (Å²) in [5.41, 5.74) is 2.68. The first-order valence-electron chi connectivity index (χ1n) is 15.5. The Morgan fingerprint density at radius 1 is 0.951 bits per heavy atom. The van der Waals surface area contributed by atoms with Crippen LogP contribution in [0.5, 0.6) is 0 Å². The van der Waals surface area contributed by atoms with E-state index in [1.807, 2.05) is 24.4 Å². The molecule has 8 rings (SSSR count). The summed E-state index contributed by atoms with van der Waals surface area (Å²) >= 11 is 0. The Morgan fingerprint density at radius 3 is 2.29 bits per heavy atom. The number of aromatic nitrogens is 1. The molecule has 220 valence electrons. The lowest BCUT2D eigenvalue weighted by molar-refractivity contribution is -0.137. The number of pyridine rings is 1. The first kappa shape index (κ1) is 26.8. The standard InChI is InChI=1S/C32H44N6O3/c1-31(2,3)36-12-10-35(11-13-36)25-8-9-28(33-21-25)37-14-15-38(27-7-5-4-6-26(27)37)41-30(39)34-29-23-16-22-17-24(29)20-32(40,18-22)19-23/h4-9,21-24,29,40H,10-20H2,1-3H3,(H,34,39)/t22?,23-,24+,29?,32?. The second kappa shape index (κ2) is 10.1. The zero-order valence-electron chi connectivity index (χ0n) is 24.6. The second-order valence-electron chi connectivity index (χ2n) is 14.0. The number of fused-ring (bicyclic) bond motifs is 1. The third kappa shape index (κ3) is 5.12. The smallest absolute Gasteiger partial charge is 0.390 e. The number of amides is 1. The summed E-state index contributed by atoms with van der Waals surface area (Å²) in [5.74, 6) is 2.19. The van der Waals surface area contributed by atoms with E-state index < -0.39 is 11.7 Å². The predicted octanol–water partition coefficient (Wildman–Crippen LogP) is 4.54. The summed E-state index contributed by atoms with van der Waals surface area (Å²) in [6.07, 6.45) is 6.32. The number of aliphatic hydroxyl groups is 1. The van der Waals surface area contributed by atoms with Crippen LogP contribution in [0.4, 0.5) is 27.7 Å². The van der Waals surface area contributed by atoms with Crippen LogP contribution in [-0.2, 0) is 4.84 Å². The number of benzene rings is 1. The molecule has 9 nitrogen and oxygen atoms in total. The minimum Gasteiger partial charge on any atom is -0.390 e. The van der Waals surface area contributed by atoms with Gasteiger partial charge in [-0.1, -0.05) is 12.1 Å². The SMILES string of the molecule is CC(C)(C)N1CCN(c2ccc(N3CCN(OC(=O)NC4[C@@H]5CC6C[C@H]4CC(O)(C6)C5)c4ccccc43)nc2)CC1. The fourth-order valence-corrected chi connectivity index (χ4v) is 8.51. The number of hydrogen-bond donors (Lipinski definition) is 2. The Labute approximate surface area is 243 Å². The number of hydroxylamine groups is 1. The van der Waals surface area contributed by atoms with Gasteiger partial charge < -0.3 is 25.1 Å². The zero-order chi connectivity index (χ0) is 28.4. The van der Waals surface area contributed by atoms with Gasteiger partial charge >= 0.3 is 6.09 Å². The molecule has 3 unspecified atom stereocenters. The van der Waals surface area contributed by atoms with Gasteiger partial charge in [0.2, 0.25) is 0 Å². The quantitative estimate of drug-likeness (QED) is 0.564. The number of nitrogens with zero attached hydrogens (tertiary/aromatic N) is 5. The minimum absolute atomic E-state index is 0.0926. The number of carbonyl (C=O) groups excluding carboxylic acids is 1. The van der Waals surface area contributed by atoms with Gasteiger partial charge in [0.25, 0.3) is 0 Å². The van der Waals surface area contributed by atoms with Crippen molar-refractivity contribution in [2.45, 2.75) is 70.1 Å². The van der Waals surface area contributed by atoms with Crippen molar-refractivity contribution in [3.05, 3.63) is 42.6 Å². The van der Waals surface area contributed by atoms with Gasteiger partial charge in [0.1, 0.15) is 5.82 Å². The van der Waals surface area contributed by atoms with E-state index >= 15 is 0 Å². The highest BCUT2D eigenvalue weighted by Crippen LogP contribution is 2.55. The fraction of sp³-hybridized carbons (Fsp3) is 0.625. The van der Waals surface area contributed by atoms with Crippen LogP contribution in [0.2, 0.25) is 0 Å². The highest BCUT2D eigenvalue weighted by atomic mass is 16.7. The fourth-order valence-electron chi connectivity index (χ4n) is 8.51. The van der Waals surface area contributed by atoms with Gasteiger partial charge in [-0.25, -0.2) is 14.8 Å². The molecular weight excluding hydrogens is 516 g/mol. The molecule has 41 heavy (non-hydrogen) atoms. The van der Waals surface area contributed by atoms with Crippen molar-refractivity contribution in [2.24, 2.45) is 17.8 Å². The molecular formula is C32H44N6O3. The summed E-state index contributed by atoms with van der Waals surface area (Å²) in [6.45, 7) is 12.2. The van der Waals surface area contributed by atoms with Crippen LogP contribution in [-0.4, -0.2) is 77.5 Å². The summed E-state index contributed by atoms with van der Waals surface area (Å²) < 4.78 is 0. The molecule has 2 aromatic rings. The zero-order valence-corrected chi connectivity index (χ0v) is 24.6. The van der Waals surface area contributed by atoms with Crippen LogP contribution in [0.25, 0.3) is 0 Å². The molecule has 9 heteroatoms. The topological polar surface area (TPSA) is 84.4 Å². The van der Waals surface area contributed by atoms with Gasteiger partial charge in [-0.2, -0.15) is 0 Å². The number of rotatable bonds is 4. The van der Waals surface area contributed by atoms with Crippen LogP contribution >= 0.6 is 0 Å². The van der Waals surface area contributed by atoms with E-state index in [0.717, 1.165) is 81.2 Å². The highest BCUT2D eigenvalue weighted by molar-refractivity contribution is 5.79. The van der Waals surface area contributed by atoms with Crippen molar-refractivity contribution < 1.29 is 14.7 Å². The molecule has 1 aromatic carbocycles. The maximum atomic E-state index is 13.1. The van der Waals surface area contributed by atoms with Gasteiger partial charge in [0, 0.05) is 44.3 Å². The number of nitrogens with one attached hydrogen (secondary N) is 1. The van der Waals surface area contributed by atoms with Crippen molar-refractivity contribution in [2.75, 3.05) is 54.1 Å². The lowest BCUT2D eigenvalue weighted by atomic mass is 9.52. The van der Waals surface area contributed by atoms with Crippen molar-refractivity contribution in [3.63, 3.8) is 0 Å². The van der Waals surface area contributed by atoms with Crippen molar-refractivity contribution in [1.82, 2.24) is 15.2 Å². The van der Waals surface area contributed by atoms with Gasteiger partial charge in [0.05, 0.1) is 35.4 Å². The van der Waals surface area contributed by atoms with E-state index in [1.165, 1.54) is 0 Å². The van der Waals surface area contributed by atoms with Crippen LogP contribution < -0.4 is 20.2 Å². The lowest BCUT2D eigenvalue weighted by Gasteiger charge is -2.57. The largest absolute Gasteiger partial charge is 0.431 e. The highest BCUT2D eigenvalue weighted by Gasteiger charge is 2.55. The van der Waals surface area contributed by atoms with E-state index in [4.69, 9.17) is 9.82 Å². The molecule has 3 heterocycles. The van der Waals surface area contributed by atoms with Crippen LogP contribution in [0.15, 0.2) is 42.6 Å². The Kier molecular flexibility index (Phi) is 6.58. The predicted molar refractivity (Wildman–Crippen MR) is 160 cm³/mol. The van der Waals surface area contributed by atoms with Gasteiger partial charge in [0.15, 0.2) is 0 Å². The Balaban J connectivity index is 1.00. The molecule has 5 fully saturated rings. The molecule has 6 aliphatic rings. The molecule has 5 atom stereocenters. The number of carbonyl (C=O) groups is 1. The molecule has 4 aliphatic carbocycles. The van der Waals surface area contributed by atoms with E-state index in [9.17, 15) is 9.90 Å². The minimum atomic E-state index is -0.513. The Morgan fingerprint density at radius 2 is 1.66 bits per heavy atom. The molecule has 4 saturated carbocycles. The van der Waals surface area contributed by atoms with Crippen LogP contribution in [0, 0.1) is 17.8 Å². The van der Waals surface area contributed by atoms with E-state index in [-0.39, 0.29) is 11.6 Å². The number of para-hydroxylation sites is 2. The monoisotopic (exact) mass is 560 g/mol. The number of anilines is 4. The van der Waals surface area contributed by atoms with Crippen LogP contribution in [0.3, 0.4) is 0 Å². The first-order valence-corrected chi connectivity index (χ1v) is 15.5. The van der Waals surface area contributed by atoms with E-state index in [1.54, 1.807) is 5.06 Å². The third-order valence-electron chi connectivity index (χ3n) is 10.3. The summed E-state index contributed by atoms with van der Waals surface area (Å²) in [7, 11) is 0. The average molecular weight is 561 g/mol. The number of hydrogen-bond acceptors (Lipinski definition) is 8. The first-order chi connectivity index (χ1) is 19.6.